The van der Waals surface area contributed by atoms with Crippen LogP contribution in [0, 0.1) is 6.92 Å². The zero-order chi connectivity index (χ0) is 18.7. The molecule has 0 saturated carbocycles. The van der Waals surface area contributed by atoms with Crippen LogP contribution in [0.25, 0.3) is 10.9 Å². The first-order chi connectivity index (χ1) is 12.5. The van der Waals surface area contributed by atoms with Crippen LogP contribution in [-0.4, -0.2) is 34.8 Å². The summed E-state index contributed by atoms with van der Waals surface area (Å²) in [4.78, 5) is 29.7. The third kappa shape index (κ3) is 3.61. The van der Waals surface area contributed by atoms with Crippen molar-refractivity contribution < 1.29 is 9.59 Å². The van der Waals surface area contributed by atoms with E-state index in [9.17, 15) is 9.59 Å². The lowest BCUT2D eigenvalue weighted by atomic mass is 10.1. The lowest BCUT2D eigenvalue weighted by molar-refractivity contribution is 0.0773. The Morgan fingerprint density at radius 2 is 1.69 bits per heavy atom. The highest BCUT2D eigenvalue weighted by atomic mass is 16.2. The molecule has 0 aliphatic rings. The molecule has 0 aliphatic heterocycles. The molecule has 3 aromatic rings. The average Bonchev–Trinajstić information content (AvgIpc) is 3.06. The molecule has 0 unspecified atom stereocenters. The maximum Gasteiger partial charge on any atom is 0.272 e. The van der Waals surface area contributed by atoms with Crippen LogP contribution < -0.4 is 5.32 Å². The van der Waals surface area contributed by atoms with Gasteiger partial charge < -0.3 is 15.2 Å². The van der Waals surface area contributed by atoms with Gasteiger partial charge in [-0.1, -0.05) is 12.1 Å². The van der Waals surface area contributed by atoms with E-state index in [0.29, 0.717) is 30.0 Å². The maximum atomic E-state index is 12.5. The Hall–Kier alpha value is -3.08. The number of carbonyl (C=O) groups is 2. The van der Waals surface area contributed by atoms with Gasteiger partial charge in [0.2, 0.25) is 0 Å². The van der Waals surface area contributed by atoms with Crippen LogP contribution in [0.5, 0.6) is 0 Å². The Kier molecular flexibility index (Phi) is 5.07. The summed E-state index contributed by atoms with van der Waals surface area (Å²) in [5.41, 5.74) is 3.86. The predicted octanol–water partition coefficient (Wildman–Crippen LogP) is 4.21. The van der Waals surface area contributed by atoms with Gasteiger partial charge in [-0.3, -0.25) is 9.59 Å². The molecule has 134 valence electrons. The number of aryl methyl sites for hydroxylation is 1. The fourth-order valence-corrected chi connectivity index (χ4v) is 2.95. The second-order valence-electron chi connectivity index (χ2n) is 6.28. The van der Waals surface area contributed by atoms with Crippen LogP contribution in [0.4, 0.5) is 5.69 Å². The van der Waals surface area contributed by atoms with Crippen molar-refractivity contribution in [3.8, 4) is 0 Å². The van der Waals surface area contributed by atoms with E-state index in [4.69, 9.17) is 0 Å². The largest absolute Gasteiger partial charge is 0.351 e. The molecule has 0 radical (unpaired) electrons. The molecular weight excluding hydrogens is 326 g/mol. The zero-order valence-electron chi connectivity index (χ0n) is 15.3. The van der Waals surface area contributed by atoms with Crippen LogP contribution in [0.15, 0.2) is 48.5 Å². The third-order valence-corrected chi connectivity index (χ3v) is 4.46. The zero-order valence-corrected chi connectivity index (χ0v) is 15.3. The highest BCUT2D eigenvalue weighted by molar-refractivity contribution is 6.06. The number of rotatable bonds is 5. The van der Waals surface area contributed by atoms with Gasteiger partial charge >= 0.3 is 0 Å². The van der Waals surface area contributed by atoms with Gasteiger partial charge in [0.1, 0.15) is 5.69 Å². The molecule has 0 bridgehead atoms. The monoisotopic (exact) mass is 349 g/mol. The predicted molar refractivity (Wildman–Crippen MR) is 105 cm³/mol. The Morgan fingerprint density at radius 1 is 1.00 bits per heavy atom. The second-order valence-corrected chi connectivity index (χ2v) is 6.28. The Bertz CT molecular complexity index is 938. The van der Waals surface area contributed by atoms with Crippen molar-refractivity contribution in [2.24, 2.45) is 0 Å². The van der Waals surface area contributed by atoms with Crippen molar-refractivity contribution in [3.05, 3.63) is 65.4 Å². The number of fused-ring (bicyclic) bond motifs is 1. The molecule has 1 aromatic heterocycles. The summed E-state index contributed by atoms with van der Waals surface area (Å²) in [6.45, 7) is 7.28. The minimum atomic E-state index is -0.207. The summed E-state index contributed by atoms with van der Waals surface area (Å²) in [7, 11) is 0. The van der Waals surface area contributed by atoms with Crippen molar-refractivity contribution >= 4 is 28.4 Å². The first kappa shape index (κ1) is 17.7. The normalized spacial score (nSPS) is 10.7. The van der Waals surface area contributed by atoms with E-state index in [0.717, 1.165) is 16.5 Å². The molecule has 0 aliphatic carbocycles. The molecule has 0 saturated heterocycles. The van der Waals surface area contributed by atoms with Crippen molar-refractivity contribution in [2.75, 3.05) is 18.4 Å². The smallest absolute Gasteiger partial charge is 0.272 e. The Balaban J connectivity index is 1.73. The molecule has 26 heavy (non-hydrogen) atoms. The number of carbonyl (C=O) groups excluding carboxylic acids is 2. The minimum absolute atomic E-state index is 0.00105. The number of amides is 2. The summed E-state index contributed by atoms with van der Waals surface area (Å²) in [5, 5.41) is 3.86. The van der Waals surface area contributed by atoms with Crippen molar-refractivity contribution in [1.29, 1.82) is 0 Å². The van der Waals surface area contributed by atoms with Crippen molar-refractivity contribution in [3.63, 3.8) is 0 Å². The van der Waals surface area contributed by atoms with E-state index in [1.54, 1.807) is 29.2 Å². The van der Waals surface area contributed by atoms with Crippen LogP contribution in [0.2, 0.25) is 0 Å². The fraction of sp³-hybridized carbons (Fsp3) is 0.238. The summed E-state index contributed by atoms with van der Waals surface area (Å²) < 4.78 is 0. The van der Waals surface area contributed by atoms with E-state index in [2.05, 4.69) is 10.3 Å². The SMILES string of the molecule is CCN(CC)C(=O)c1ccc(NC(=O)c2cc3ccc(C)cc3[nH]2)cc1. The van der Waals surface area contributed by atoms with E-state index in [1.165, 1.54) is 0 Å². The minimum Gasteiger partial charge on any atom is -0.351 e. The van der Waals surface area contributed by atoms with Gasteiger partial charge in [0, 0.05) is 35.2 Å². The number of aromatic nitrogens is 1. The van der Waals surface area contributed by atoms with Crippen LogP contribution in [0.1, 0.15) is 40.3 Å². The number of hydrogen-bond acceptors (Lipinski definition) is 2. The lowest BCUT2D eigenvalue weighted by Gasteiger charge is -2.18. The molecule has 0 atom stereocenters. The lowest BCUT2D eigenvalue weighted by Crippen LogP contribution is -2.30. The molecule has 5 heteroatoms. The van der Waals surface area contributed by atoms with E-state index >= 15 is 0 Å². The molecule has 1 heterocycles. The molecule has 2 aromatic carbocycles. The van der Waals surface area contributed by atoms with Gasteiger partial charge in [0.05, 0.1) is 0 Å². The van der Waals surface area contributed by atoms with Gasteiger partial charge in [0.25, 0.3) is 11.8 Å². The summed E-state index contributed by atoms with van der Waals surface area (Å²) in [6.07, 6.45) is 0. The van der Waals surface area contributed by atoms with Gasteiger partial charge in [-0.2, -0.15) is 0 Å². The number of aromatic amines is 1. The average molecular weight is 349 g/mol. The second kappa shape index (κ2) is 7.44. The molecule has 5 nitrogen and oxygen atoms in total. The topological polar surface area (TPSA) is 65.2 Å². The third-order valence-electron chi connectivity index (χ3n) is 4.46. The number of nitrogens with one attached hydrogen (secondary N) is 2. The van der Waals surface area contributed by atoms with Gasteiger partial charge in [-0.05, 0) is 62.7 Å². The molecule has 0 fully saturated rings. The summed E-state index contributed by atoms with van der Waals surface area (Å²) in [5.74, 6) is -0.208. The molecule has 0 spiro atoms. The fourth-order valence-electron chi connectivity index (χ4n) is 2.95. The number of anilines is 1. The van der Waals surface area contributed by atoms with Crippen LogP contribution in [-0.2, 0) is 0 Å². The van der Waals surface area contributed by atoms with Gasteiger partial charge in [-0.15, -0.1) is 0 Å². The quantitative estimate of drug-likeness (QED) is 0.725. The molecular formula is C21H23N3O2. The first-order valence-corrected chi connectivity index (χ1v) is 8.82. The number of H-pyrrole nitrogens is 1. The molecule has 2 amide bonds. The molecule has 3 rings (SSSR count). The number of benzene rings is 2. The van der Waals surface area contributed by atoms with E-state index in [1.807, 2.05) is 45.0 Å². The van der Waals surface area contributed by atoms with Crippen LogP contribution in [0.3, 0.4) is 0 Å². The van der Waals surface area contributed by atoms with Crippen molar-refractivity contribution in [2.45, 2.75) is 20.8 Å². The van der Waals surface area contributed by atoms with Gasteiger partial charge in [0.15, 0.2) is 0 Å². The van der Waals surface area contributed by atoms with E-state index in [-0.39, 0.29) is 11.8 Å². The summed E-state index contributed by atoms with van der Waals surface area (Å²) >= 11 is 0. The highest BCUT2D eigenvalue weighted by Crippen LogP contribution is 2.18. The number of hydrogen-bond donors (Lipinski definition) is 2. The Labute approximate surface area is 153 Å². The molecule has 2 N–H and O–H groups in total. The standard InChI is InChI=1S/C21H23N3O2/c1-4-24(5-2)21(26)15-8-10-17(11-9-15)22-20(25)19-13-16-7-6-14(3)12-18(16)23-19/h6-13,23H,4-5H2,1-3H3,(H,22,25). The van der Waals surface area contributed by atoms with Crippen LogP contribution >= 0.6 is 0 Å². The highest BCUT2D eigenvalue weighted by Gasteiger charge is 2.13. The first-order valence-electron chi connectivity index (χ1n) is 8.82. The number of nitrogens with zero attached hydrogens (tertiary/aromatic N) is 1. The van der Waals surface area contributed by atoms with Gasteiger partial charge in [-0.25, -0.2) is 0 Å². The van der Waals surface area contributed by atoms with E-state index < -0.39 is 0 Å². The Morgan fingerprint density at radius 3 is 2.35 bits per heavy atom. The maximum absolute atomic E-state index is 12.5. The van der Waals surface area contributed by atoms with Crippen molar-refractivity contribution in [1.82, 2.24) is 9.88 Å². The summed E-state index contributed by atoms with van der Waals surface area (Å²) in [6, 6.07) is 14.8.